The zero-order valence-corrected chi connectivity index (χ0v) is 25.7. The first kappa shape index (κ1) is 30.4. The van der Waals surface area contributed by atoms with E-state index in [1.165, 1.54) is 34.6 Å². The lowest BCUT2D eigenvalue weighted by Gasteiger charge is -2.28. The molecule has 2 aromatic heterocycles. The lowest BCUT2D eigenvalue weighted by Crippen LogP contribution is -2.53. The van der Waals surface area contributed by atoms with Crippen LogP contribution in [0.5, 0.6) is 11.5 Å². The summed E-state index contributed by atoms with van der Waals surface area (Å²) in [4.78, 5) is 42.8. The van der Waals surface area contributed by atoms with Crippen LogP contribution in [-0.2, 0) is 31.8 Å². The number of Topliss-reactive ketones (excluding diaryl/α,β-unsaturated/α-hetero) is 1. The van der Waals surface area contributed by atoms with Gasteiger partial charge in [-0.2, -0.15) is 9.04 Å². The predicted octanol–water partition coefficient (Wildman–Crippen LogP) is 2.90. The second-order valence-electron chi connectivity index (χ2n) is 10.9. The van der Waals surface area contributed by atoms with Crippen LogP contribution in [0.3, 0.4) is 0 Å². The molecule has 4 aromatic rings. The van der Waals surface area contributed by atoms with Crippen molar-refractivity contribution in [3.63, 3.8) is 0 Å². The Morgan fingerprint density at radius 2 is 1.73 bits per heavy atom. The van der Waals surface area contributed by atoms with Gasteiger partial charge in [0.1, 0.15) is 23.6 Å². The summed E-state index contributed by atoms with van der Waals surface area (Å²) in [5.41, 5.74) is 0.363. The molecule has 232 valence electrons. The highest BCUT2D eigenvalue weighted by Gasteiger charge is 2.54. The third kappa shape index (κ3) is 6.60. The quantitative estimate of drug-likeness (QED) is 0.206. The number of nitrogens with one attached hydrogen (secondary N) is 1. The number of carbonyl (C=O) groups excluding carboxylic acids is 3. The standard InChI is InChI=1S/C32H30N4O7S2/c37-29-20-36(45(41,42)21-23-7-4-5-16-35(23)40)28-15-17-34(30(28)29)32(39)27(19-26-10-6-18-44-26)33-31(38)22-11-13-25(14-12-22)43-24-8-2-1-3-9-24/h1-14,16,18,27-28,30H,15,17,19-21H2,(H,33,38). The Morgan fingerprint density at radius 3 is 2.44 bits per heavy atom. The first-order chi connectivity index (χ1) is 21.7. The van der Waals surface area contributed by atoms with E-state index in [0.29, 0.717) is 21.8 Å². The Bertz CT molecular complexity index is 1800. The molecular weight excluding hydrogens is 617 g/mol. The number of hydrogen-bond donors (Lipinski definition) is 1. The first-order valence-electron chi connectivity index (χ1n) is 14.4. The van der Waals surface area contributed by atoms with Crippen LogP contribution in [0, 0.1) is 5.21 Å². The molecule has 2 aliphatic heterocycles. The molecule has 0 spiro atoms. The summed E-state index contributed by atoms with van der Waals surface area (Å²) in [5, 5.41) is 16.8. The van der Waals surface area contributed by atoms with E-state index in [1.807, 2.05) is 47.8 Å². The summed E-state index contributed by atoms with van der Waals surface area (Å²) in [6, 6.07) is 21.3. The maximum atomic E-state index is 14.0. The molecular formula is C32H30N4O7S2. The molecule has 0 radical (unpaired) electrons. The molecule has 0 aliphatic carbocycles. The van der Waals surface area contributed by atoms with Crippen LogP contribution in [0.4, 0.5) is 0 Å². The molecule has 2 amide bonds. The number of aromatic nitrogens is 1. The largest absolute Gasteiger partial charge is 0.618 e. The number of rotatable bonds is 10. The number of ketones is 1. The SMILES string of the molecule is O=C(NC(Cc1cccs1)C(=O)N1CCC2C1C(=O)CN2S(=O)(=O)Cc1cccc[n+]1[O-])c1ccc(Oc2ccccc2)cc1. The average molecular weight is 647 g/mol. The van der Waals surface area contributed by atoms with Gasteiger partial charge in [-0.3, -0.25) is 14.4 Å². The maximum Gasteiger partial charge on any atom is 0.251 e. The van der Waals surface area contributed by atoms with Gasteiger partial charge >= 0.3 is 0 Å². The molecule has 13 heteroatoms. The summed E-state index contributed by atoms with van der Waals surface area (Å²) < 4.78 is 34.1. The third-order valence-corrected chi connectivity index (χ3v) is 10.6. The van der Waals surface area contributed by atoms with E-state index in [1.54, 1.807) is 30.3 Å². The summed E-state index contributed by atoms with van der Waals surface area (Å²) in [6.07, 6.45) is 1.68. The Morgan fingerprint density at radius 1 is 1.00 bits per heavy atom. The van der Waals surface area contributed by atoms with Gasteiger partial charge in [-0.1, -0.05) is 24.3 Å². The fraction of sp³-hybridized carbons (Fsp3) is 0.250. The van der Waals surface area contributed by atoms with Crippen molar-refractivity contribution in [1.29, 1.82) is 0 Å². The normalized spacial score (nSPS) is 18.8. The molecule has 1 N–H and O–H groups in total. The van der Waals surface area contributed by atoms with E-state index < -0.39 is 51.5 Å². The number of amides is 2. The van der Waals surface area contributed by atoms with E-state index >= 15 is 0 Å². The second kappa shape index (κ2) is 12.8. The van der Waals surface area contributed by atoms with Crippen LogP contribution >= 0.6 is 11.3 Å². The average Bonchev–Trinajstić information content (AvgIpc) is 3.78. The highest BCUT2D eigenvalue weighted by Crippen LogP contribution is 2.33. The number of nitrogens with zero attached hydrogens (tertiary/aromatic N) is 3. The maximum absolute atomic E-state index is 14.0. The molecule has 2 saturated heterocycles. The number of carbonyl (C=O) groups is 3. The van der Waals surface area contributed by atoms with Crippen molar-refractivity contribution in [2.24, 2.45) is 0 Å². The van der Waals surface area contributed by atoms with E-state index in [-0.39, 0.29) is 31.6 Å². The van der Waals surface area contributed by atoms with E-state index in [2.05, 4.69) is 5.32 Å². The summed E-state index contributed by atoms with van der Waals surface area (Å²) in [5.74, 6) is -0.684. The van der Waals surface area contributed by atoms with Gasteiger partial charge in [-0.25, -0.2) is 8.42 Å². The highest BCUT2D eigenvalue weighted by molar-refractivity contribution is 7.88. The molecule has 0 saturated carbocycles. The topological polar surface area (TPSA) is 140 Å². The van der Waals surface area contributed by atoms with Crippen LogP contribution in [0.2, 0.25) is 0 Å². The molecule has 2 aromatic carbocycles. The van der Waals surface area contributed by atoms with Gasteiger partial charge in [0.2, 0.25) is 21.6 Å². The van der Waals surface area contributed by atoms with Crippen LogP contribution in [0.15, 0.2) is 96.5 Å². The van der Waals surface area contributed by atoms with Crippen LogP contribution in [0.25, 0.3) is 0 Å². The zero-order chi connectivity index (χ0) is 31.6. The third-order valence-electron chi connectivity index (χ3n) is 7.94. The molecule has 4 heterocycles. The van der Waals surface area contributed by atoms with E-state index in [0.717, 1.165) is 9.18 Å². The lowest BCUT2D eigenvalue weighted by atomic mass is 10.1. The van der Waals surface area contributed by atoms with Crippen molar-refractivity contribution in [2.75, 3.05) is 13.1 Å². The Kier molecular flexibility index (Phi) is 8.65. The Hall–Kier alpha value is -4.59. The lowest BCUT2D eigenvalue weighted by molar-refractivity contribution is -0.612. The fourth-order valence-corrected chi connectivity index (χ4v) is 8.27. The number of hydrogen-bond acceptors (Lipinski definition) is 8. The van der Waals surface area contributed by atoms with Crippen molar-refractivity contribution in [3.8, 4) is 11.5 Å². The minimum atomic E-state index is -4.04. The Labute approximate surface area is 264 Å². The minimum absolute atomic E-state index is 0.0395. The van der Waals surface area contributed by atoms with Gasteiger partial charge in [-0.05, 0) is 60.3 Å². The molecule has 6 rings (SSSR count). The van der Waals surface area contributed by atoms with Gasteiger partial charge in [0.05, 0.1) is 12.6 Å². The van der Waals surface area contributed by atoms with E-state index in [9.17, 15) is 28.0 Å². The summed E-state index contributed by atoms with van der Waals surface area (Å²) >= 11 is 1.44. The van der Waals surface area contributed by atoms with E-state index in [4.69, 9.17) is 4.74 Å². The summed E-state index contributed by atoms with van der Waals surface area (Å²) in [6.45, 7) is -0.229. The number of ether oxygens (including phenoxy) is 1. The first-order valence-corrected chi connectivity index (χ1v) is 16.8. The number of thiophene rings is 1. The zero-order valence-electron chi connectivity index (χ0n) is 24.0. The number of benzene rings is 2. The minimum Gasteiger partial charge on any atom is -0.618 e. The fourth-order valence-electron chi connectivity index (χ4n) is 5.80. The number of fused-ring (bicyclic) bond motifs is 1. The number of likely N-dealkylation sites (tertiary alicyclic amines) is 1. The monoisotopic (exact) mass is 646 g/mol. The predicted molar refractivity (Wildman–Crippen MR) is 166 cm³/mol. The van der Waals surface area contributed by atoms with Crippen LogP contribution < -0.4 is 14.8 Å². The van der Waals surface area contributed by atoms with Gasteiger partial charge in [0, 0.05) is 35.5 Å². The van der Waals surface area contributed by atoms with Crippen molar-refractivity contribution >= 4 is 39.0 Å². The number of pyridine rings is 1. The molecule has 11 nitrogen and oxygen atoms in total. The highest BCUT2D eigenvalue weighted by atomic mass is 32.2. The smallest absolute Gasteiger partial charge is 0.251 e. The molecule has 2 fully saturated rings. The second-order valence-corrected chi connectivity index (χ2v) is 13.8. The van der Waals surface area contributed by atoms with Gasteiger partial charge in [-0.15, -0.1) is 11.3 Å². The number of para-hydroxylation sites is 1. The van der Waals surface area contributed by atoms with Crippen molar-refractivity contribution in [3.05, 3.63) is 118 Å². The number of sulfonamides is 1. The van der Waals surface area contributed by atoms with Crippen molar-refractivity contribution in [2.45, 2.75) is 36.7 Å². The molecule has 2 aliphatic rings. The molecule has 3 atom stereocenters. The van der Waals surface area contributed by atoms with Gasteiger partial charge < -0.3 is 20.2 Å². The van der Waals surface area contributed by atoms with Gasteiger partial charge in [0.25, 0.3) is 5.91 Å². The van der Waals surface area contributed by atoms with Crippen molar-refractivity contribution in [1.82, 2.24) is 14.5 Å². The van der Waals surface area contributed by atoms with Crippen LogP contribution in [-0.4, -0.2) is 66.4 Å². The summed E-state index contributed by atoms with van der Waals surface area (Å²) in [7, 11) is -4.04. The molecule has 0 bridgehead atoms. The molecule has 3 unspecified atom stereocenters. The van der Waals surface area contributed by atoms with Gasteiger partial charge in [0.15, 0.2) is 17.7 Å². The van der Waals surface area contributed by atoms with Crippen LogP contribution in [0.1, 0.15) is 27.3 Å². The van der Waals surface area contributed by atoms with Crippen molar-refractivity contribution < 1.29 is 32.3 Å². The Balaban J connectivity index is 1.18. The molecule has 45 heavy (non-hydrogen) atoms.